The molecule has 2 rings (SSSR count). The van der Waals surface area contributed by atoms with Crippen molar-refractivity contribution in [2.75, 3.05) is 32.9 Å². The molecule has 0 aliphatic carbocycles. The van der Waals surface area contributed by atoms with Crippen molar-refractivity contribution in [1.29, 1.82) is 0 Å². The van der Waals surface area contributed by atoms with Gasteiger partial charge >= 0.3 is 12.1 Å². The molecule has 0 saturated carbocycles. The lowest BCUT2D eigenvalue weighted by Crippen LogP contribution is -2.55. The molecule has 0 unspecified atom stereocenters. The third-order valence-corrected chi connectivity index (χ3v) is 5.05. The van der Waals surface area contributed by atoms with Crippen LogP contribution in [-0.2, 0) is 23.9 Å². The standard InChI is InChI=1S/C21H38N4O7/c1-5-6-14-30-23-19(27)24-11-8-7-10-16(24)18(26)22-31-15-17-25(12-9-13-29-17)20(28)32-21(2,3)4/h16-17H,5-15H2,1-4H3,(H,22,26)(H,23,27)/t16-,17+/m0/s1. The van der Waals surface area contributed by atoms with Crippen molar-refractivity contribution in [3.8, 4) is 0 Å². The normalized spacial score (nSPS) is 21.8. The maximum atomic E-state index is 12.7. The highest BCUT2D eigenvalue weighted by atomic mass is 16.7. The Morgan fingerprint density at radius 2 is 1.78 bits per heavy atom. The monoisotopic (exact) mass is 458 g/mol. The molecular weight excluding hydrogens is 420 g/mol. The molecule has 0 spiro atoms. The zero-order valence-electron chi connectivity index (χ0n) is 19.7. The summed E-state index contributed by atoms with van der Waals surface area (Å²) < 4.78 is 11.1. The van der Waals surface area contributed by atoms with Crippen LogP contribution in [0.5, 0.6) is 0 Å². The molecule has 2 aliphatic heterocycles. The minimum absolute atomic E-state index is 0.0516. The van der Waals surface area contributed by atoms with Crippen LogP contribution in [0.4, 0.5) is 9.59 Å². The highest BCUT2D eigenvalue weighted by molar-refractivity contribution is 5.86. The number of piperidine rings is 1. The fourth-order valence-corrected chi connectivity index (χ4v) is 3.44. The number of carbonyl (C=O) groups is 3. The molecule has 4 amide bonds. The van der Waals surface area contributed by atoms with E-state index in [0.29, 0.717) is 39.1 Å². The van der Waals surface area contributed by atoms with Crippen molar-refractivity contribution in [2.24, 2.45) is 0 Å². The summed E-state index contributed by atoms with van der Waals surface area (Å²) in [5, 5.41) is 0. The average molecular weight is 459 g/mol. The van der Waals surface area contributed by atoms with Crippen LogP contribution in [0.3, 0.4) is 0 Å². The molecule has 2 saturated heterocycles. The van der Waals surface area contributed by atoms with Crippen molar-refractivity contribution >= 4 is 18.0 Å². The maximum Gasteiger partial charge on any atom is 0.412 e. The number of ether oxygens (including phenoxy) is 2. The van der Waals surface area contributed by atoms with Gasteiger partial charge in [-0.3, -0.25) is 19.4 Å². The molecule has 0 aromatic carbocycles. The Morgan fingerprint density at radius 3 is 2.50 bits per heavy atom. The molecule has 0 aromatic rings. The largest absolute Gasteiger partial charge is 0.444 e. The highest BCUT2D eigenvalue weighted by Crippen LogP contribution is 2.18. The van der Waals surface area contributed by atoms with Gasteiger partial charge in [0.15, 0.2) is 6.23 Å². The number of likely N-dealkylation sites (tertiary alicyclic amines) is 1. The van der Waals surface area contributed by atoms with Crippen LogP contribution in [0.15, 0.2) is 0 Å². The number of hydrogen-bond acceptors (Lipinski definition) is 7. The van der Waals surface area contributed by atoms with Crippen LogP contribution in [0.25, 0.3) is 0 Å². The van der Waals surface area contributed by atoms with Crippen LogP contribution in [0.1, 0.15) is 66.2 Å². The summed E-state index contributed by atoms with van der Waals surface area (Å²) in [5.74, 6) is -0.423. The van der Waals surface area contributed by atoms with Gasteiger partial charge in [-0.2, -0.15) is 0 Å². The molecule has 184 valence electrons. The molecule has 2 heterocycles. The molecule has 2 aliphatic rings. The number of amides is 4. The van der Waals surface area contributed by atoms with Crippen molar-refractivity contribution in [3.63, 3.8) is 0 Å². The predicted molar refractivity (Wildman–Crippen MR) is 115 cm³/mol. The van der Waals surface area contributed by atoms with E-state index in [0.717, 1.165) is 25.7 Å². The van der Waals surface area contributed by atoms with Gasteiger partial charge in [0.05, 0.1) is 13.2 Å². The van der Waals surface area contributed by atoms with Gasteiger partial charge in [0.2, 0.25) is 0 Å². The Labute approximate surface area is 189 Å². The average Bonchev–Trinajstić information content (AvgIpc) is 2.75. The smallest absolute Gasteiger partial charge is 0.412 e. The van der Waals surface area contributed by atoms with Crippen LogP contribution >= 0.6 is 0 Å². The molecule has 32 heavy (non-hydrogen) atoms. The van der Waals surface area contributed by atoms with E-state index in [-0.39, 0.29) is 6.61 Å². The van der Waals surface area contributed by atoms with Gasteiger partial charge in [0.1, 0.15) is 18.2 Å². The zero-order chi connectivity index (χ0) is 23.6. The third-order valence-electron chi connectivity index (χ3n) is 5.05. The Hall–Kier alpha value is -2.11. The van der Waals surface area contributed by atoms with Gasteiger partial charge in [-0.05, 0) is 52.9 Å². The summed E-state index contributed by atoms with van der Waals surface area (Å²) in [6, 6.07) is -1.10. The summed E-state index contributed by atoms with van der Waals surface area (Å²) in [7, 11) is 0. The van der Waals surface area contributed by atoms with Gasteiger partial charge in [-0.1, -0.05) is 13.3 Å². The topological polar surface area (TPSA) is 119 Å². The second kappa shape index (κ2) is 12.8. The van der Waals surface area contributed by atoms with Crippen molar-refractivity contribution < 1.29 is 33.5 Å². The number of nitrogens with zero attached hydrogens (tertiary/aromatic N) is 2. The molecule has 0 radical (unpaired) electrons. The Balaban J connectivity index is 1.84. The van der Waals surface area contributed by atoms with Crippen LogP contribution in [0.2, 0.25) is 0 Å². The number of hydroxylamine groups is 2. The highest BCUT2D eigenvalue weighted by Gasteiger charge is 2.34. The van der Waals surface area contributed by atoms with E-state index in [1.165, 1.54) is 9.80 Å². The van der Waals surface area contributed by atoms with Crippen LogP contribution in [0, 0.1) is 0 Å². The molecule has 2 fully saturated rings. The molecule has 0 bridgehead atoms. The molecular formula is C21H38N4O7. The minimum atomic E-state index is -0.670. The number of carbonyl (C=O) groups excluding carboxylic acids is 3. The molecule has 0 aromatic heterocycles. The van der Waals surface area contributed by atoms with E-state index < -0.39 is 35.9 Å². The zero-order valence-corrected chi connectivity index (χ0v) is 19.7. The van der Waals surface area contributed by atoms with Crippen molar-refractivity contribution in [1.82, 2.24) is 20.8 Å². The quantitative estimate of drug-likeness (QED) is 0.423. The first kappa shape index (κ1) is 26.1. The van der Waals surface area contributed by atoms with Crippen molar-refractivity contribution in [3.05, 3.63) is 0 Å². The number of nitrogens with one attached hydrogen (secondary N) is 2. The molecule has 11 heteroatoms. The predicted octanol–water partition coefficient (Wildman–Crippen LogP) is 2.31. The second-order valence-corrected chi connectivity index (χ2v) is 8.94. The van der Waals surface area contributed by atoms with Gasteiger partial charge in [0, 0.05) is 13.1 Å². The SMILES string of the molecule is CCCCONC(=O)N1CCCC[C@H]1C(=O)NOC[C@H]1OCCCN1C(=O)OC(C)(C)C. The number of urea groups is 1. The first-order valence-electron chi connectivity index (χ1n) is 11.4. The van der Waals surface area contributed by atoms with Crippen LogP contribution in [-0.4, -0.2) is 78.6 Å². The van der Waals surface area contributed by atoms with Gasteiger partial charge in [-0.25, -0.2) is 20.5 Å². The lowest BCUT2D eigenvalue weighted by molar-refractivity contribution is -0.157. The van der Waals surface area contributed by atoms with E-state index >= 15 is 0 Å². The first-order chi connectivity index (χ1) is 15.2. The number of hydrogen-bond donors (Lipinski definition) is 2. The lowest BCUT2D eigenvalue weighted by atomic mass is 10.0. The van der Waals surface area contributed by atoms with Gasteiger partial charge in [0.25, 0.3) is 5.91 Å². The fourth-order valence-electron chi connectivity index (χ4n) is 3.44. The van der Waals surface area contributed by atoms with E-state index in [4.69, 9.17) is 19.1 Å². The van der Waals surface area contributed by atoms with E-state index in [9.17, 15) is 14.4 Å². The van der Waals surface area contributed by atoms with Crippen LogP contribution < -0.4 is 11.0 Å². The minimum Gasteiger partial charge on any atom is -0.444 e. The number of unbranched alkanes of at least 4 members (excludes halogenated alkanes) is 1. The van der Waals surface area contributed by atoms with Gasteiger partial charge < -0.3 is 14.4 Å². The summed E-state index contributed by atoms with van der Waals surface area (Å²) in [6.45, 7) is 9.20. The van der Waals surface area contributed by atoms with E-state index in [1.54, 1.807) is 20.8 Å². The van der Waals surface area contributed by atoms with Gasteiger partial charge in [-0.15, -0.1) is 0 Å². The summed E-state index contributed by atoms with van der Waals surface area (Å²) in [5.41, 5.74) is 4.19. The maximum absolute atomic E-state index is 12.7. The Bertz CT molecular complexity index is 626. The fraction of sp³-hybridized carbons (Fsp3) is 0.857. The third kappa shape index (κ3) is 8.44. The van der Waals surface area contributed by atoms with Crippen molar-refractivity contribution in [2.45, 2.75) is 84.1 Å². The Kier molecular flexibility index (Phi) is 10.5. The number of rotatable bonds is 8. The summed E-state index contributed by atoms with van der Waals surface area (Å²) >= 11 is 0. The summed E-state index contributed by atoms with van der Waals surface area (Å²) in [6.07, 6.45) is 3.49. The Morgan fingerprint density at radius 1 is 1.03 bits per heavy atom. The molecule has 11 nitrogen and oxygen atoms in total. The first-order valence-corrected chi connectivity index (χ1v) is 11.4. The molecule has 2 atom stereocenters. The lowest BCUT2D eigenvalue weighted by Gasteiger charge is -2.36. The van der Waals surface area contributed by atoms with E-state index in [1.807, 2.05) is 6.92 Å². The second-order valence-electron chi connectivity index (χ2n) is 8.94. The summed E-state index contributed by atoms with van der Waals surface area (Å²) in [4.78, 5) is 51.0. The molecule has 2 N–H and O–H groups in total. The van der Waals surface area contributed by atoms with E-state index in [2.05, 4.69) is 11.0 Å².